The van der Waals surface area contributed by atoms with E-state index in [9.17, 15) is 19.2 Å². The zero-order chi connectivity index (χ0) is 21.6. The predicted molar refractivity (Wildman–Crippen MR) is 107 cm³/mol. The summed E-state index contributed by atoms with van der Waals surface area (Å²) in [5.41, 5.74) is 12.1. The molecule has 1 aromatic rings. The van der Waals surface area contributed by atoms with Crippen LogP contribution in [0.2, 0.25) is 0 Å². The van der Waals surface area contributed by atoms with E-state index in [1.165, 1.54) is 0 Å². The maximum atomic E-state index is 12.0. The summed E-state index contributed by atoms with van der Waals surface area (Å²) in [5, 5.41) is 16.2. The Bertz CT molecular complexity index is 683. The van der Waals surface area contributed by atoms with Gasteiger partial charge < -0.3 is 32.5 Å². The van der Waals surface area contributed by atoms with Gasteiger partial charge in [0.1, 0.15) is 6.04 Å². The van der Waals surface area contributed by atoms with Gasteiger partial charge in [-0.15, -0.1) is 0 Å². The second-order valence-electron chi connectivity index (χ2n) is 6.53. The van der Waals surface area contributed by atoms with Crippen molar-refractivity contribution < 1.29 is 24.3 Å². The van der Waals surface area contributed by atoms with Crippen LogP contribution < -0.4 is 27.4 Å². The van der Waals surface area contributed by atoms with Gasteiger partial charge in [0.05, 0.1) is 19.1 Å². The molecule has 0 fully saturated rings. The molecule has 10 heteroatoms. The van der Waals surface area contributed by atoms with Crippen LogP contribution in [0.25, 0.3) is 0 Å². The molecule has 0 aliphatic heterocycles. The molecule has 0 unspecified atom stereocenters. The SMILES string of the molecule is NCCCC[C@H](NC(=O)CNC(=O)CNC(=O)[C@@H](N)Cc1ccccc1)C(=O)O. The minimum atomic E-state index is -1.15. The molecule has 160 valence electrons. The first kappa shape index (κ1) is 24.1. The van der Waals surface area contributed by atoms with Crippen LogP contribution >= 0.6 is 0 Å². The molecule has 1 rings (SSSR count). The quantitative estimate of drug-likeness (QED) is 0.215. The molecule has 0 spiro atoms. The number of nitrogens with two attached hydrogens (primary N) is 2. The molecule has 0 aliphatic rings. The van der Waals surface area contributed by atoms with Crippen molar-refractivity contribution in [2.75, 3.05) is 19.6 Å². The van der Waals surface area contributed by atoms with Crippen molar-refractivity contribution in [3.05, 3.63) is 35.9 Å². The number of rotatable bonds is 13. The van der Waals surface area contributed by atoms with E-state index in [4.69, 9.17) is 16.6 Å². The third-order valence-corrected chi connectivity index (χ3v) is 4.08. The monoisotopic (exact) mass is 407 g/mol. The molecule has 3 amide bonds. The zero-order valence-corrected chi connectivity index (χ0v) is 16.2. The van der Waals surface area contributed by atoms with E-state index in [0.717, 1.165) is 5.56 Å². The van der Waals surface area contributed by atoms with Gasteiger partial charge in [0.25, 0.3) is 0 Å². The van der Waals surface area contributed by atoms with Gasteiger partial charge in [0.2, 0.25) is 17.7 Å². The lowest BCUT2D eigenvalue weighted by atomic mass is 10.1. The number of carbonyl (C=O) groups is 4. The van der Waals surface area contributed by atoms with Crippen LogP contribution in [-0.4, -0.2) is 60.5 Å². The highest BCUT2D eigenvalue weighted by Gasteiger charge is 2.20. The van der Waals surface area contributed by atoms with Crippen LogP contribution in [0.1, 0.15) is 24.8 Å². The molecule has 0 aliphatic carbocycles. The van der Waals surface area contributed by atoms with Crippen LogP contribution in [0, 0.1) is 0 Å². The third-order valence-electron chi connectivity index (χ3n) is 4.08. The number of amides is 3. The second kappa shape index (κ2) is 13.2. The number of carboxylic acids is 1. The number of unbranched alkanes of at least 4 members (excludes halogenated alkanes) is 1. The molecular weight excluding hydrogens is 378 g/mol. The summed E-state index contributed by atoms with van der Waals surface area (Å²) in [7, 11) is 0. The van der Waals surface area contributed by atoms with Crippen LogP contribution in [0.15, 0.2) is 30.3 Å². The van der Waals surface area contributed by atoms with E-state index < -0.39 is 42.3 Å². The number of hydrogen-bond acceptors (Lipinski definition) is 6. The fraction of sp³-hybridized carbons (Fsp3) is 0.474. The summed E-state index contributed by atoms with van der Waals surface area (Å²) < 4.78 is 0. The zero-order valence-electron chi connectivity index (χ0n) is 16.2. The van der Waals surface area contributed by atoms with Gasteiger partial charge in [-0.05, 0) is 37.8 Å². The Morgan fingerprint density at radius 3 is 2.24 bits per heavy atom. The summed E-state index contributed by atoms with van der Waals surface area (Å²) >= 11 is 0. The number of aliphatic carboxylic acids is 1. The number of hydrogen-bond donors (Lipinski definition) is 6. The van der Waals surface area contributed by atoms with Crippen molar-refractivity contribution in [2.45, 2.75) is 37.8 Å². The molecule has 29 heavy (non-hydrogen) atoms. The summed E-state index contributed by atoms with van der Waals surface area (Å²) in [4.78, 5) is 46.7. The number of carboxylic acid groups (broad SMARTS) is 1. The van der Waals surface area contributed by atoms with Crippen molar-refractivity contribution in [2.24, 2.45) is 11.5 Å². The molecule has 0 bridgehead atoms. The molecule has 0 saturated heterocycles. The van der Waals surface area contributed by atoms with Crippen molar-refractivity contribution in [1.82, 2.24) is 16.0 Å². The molecule has 0 heterocycles. The Morgan fingerprint density at radius 1 is 0.966 bits per heavy atom. The fourth-order valence-corrected chi connectivity index (χ4v) is 2.50. The number of benzene rings is 1. The van der Waals surface area contributed by atoms with E-state index in [1.807, 2.05) is 30.3 Å². The maximum Gasteiger partial charge on any atom is 0.326 e. The highest BCUT2D eigenvalue weighted by Crippen LogP contribution is 2.02. The minimum Gasteiger partial charge on any atom is -0.480 e. The number of carbonyl (C=O) groups excluding carboxylic acids is 3. The molecule has 2 atom stereocenters. The van der Waals surface area contributed by atoms with Crippen molar-refractivity contribution in [1.29, 1.82) is 0 Å². The summed E-state index contributed by atoms with van der Waals surface area (Å²) in [6.07, 6.45) is 1.80. The van der Waals surface area contributed by atoms with Gasteiger partial charge in [-0.1, -0.05) is 30.3 Å². The van der Waals surface area contributed by atoms with Gasteiger partial charge in [0, 0.05) is 0 Å². The largest absolute Gasteiger partial charge is 0.480 e. The van der Waals surface area contributed by atoms with Crippen LogP contribution in [0.5, 0.6) is 0 Å². The molecular formula is C19H29N5O5. The van der Waals surface area contributed by atoms with Crippen LogP contribution in [0.4, 0.5) is 0 Å². The van der Waals surface area contributed by atoms with Crippen molar-refractivity contribution in [3.8, 4) is 0 Å². The lowest BCUT2D eigenvalue weighted by Gasteiger charge is -2.15. The van der Waals surface area contributed by atoms with E-state index in [-0.39, 0.29) is 13.0 Å². The third kappa shape index (κ3) is 10.2. The van der Waals surface area contributed by atoms with Gasteiger partial charge in [0.15, 0.2) is 0 Å². The minimum absolute atomic E-state index is 0.252. The molecule has 0 aromatic heterocycles. The van der Waals surface area contributed by atoms with Crippen molar-refractivity contribution in [3.63, 3.8) is 0 Å². The lowest BCUT2D eigenvalue weighted by molar-refractivity contribution is -0.142. The van der Waals surface area contributed by atoms with E-state index in [1.54, 1.807) is 0 Å². The van der Waals surface area contributed by atoms with Gasteiger partial charge >= 0.3 is 5.97 Å². The maximum absolute atomic E-state index is 12.0. The Labute approximate surface area is 169 Å². The summed E-state index contributed by atoms with van der Waals surface area (Å²) in [6, 6.07) is 7.38. The average molecular weight is 407 g/mol. The van der Waals surface area contributed by atoms with Crippen LogP contribution in [0.3, 0.4) is 0 Å². The molecule has 10 nitrogen and oxygen atoms in total. The molecule has 1 aromatic carbocycles. The van der Waals surface area contributed by atoms with Gasteiger partial charge in [-0.25, -0.2) is 4.79 Å². The van der Waals surface area contributed by atoms with E-state index in [0.29, 0.717) is 25.8 Å². The van der Waals surface area contributed by atoms with E-state index in [2.05, 4.69) is 16.0 Å². The molecule has 0 radical (unpaired) electrons. The average Bonchev–Trinajstić information content (AvgIpc) is 2.70. The van der Waals surface area contributed by atoms with Gasteiger partial charge in [-0.3, -0.25) is 14.4 Å². The first-order valence-electron chi connectivity index (χ1n) is 9.39. The Balaban J connectivity index is 2.30. The van der Waals surface area contributed by atoms with Crippen molar-refractivity contribution >= 4 is 23.7 Å². The Morgan fingerprint density at radius 2 is 1.62 bits per heavy atom. The predicted octanol–water partition coefficient (Wildman–Crippen LogP) is -1.51. The highest BCUT2D eigenvalue weighted by atomic mass is 16.4. The summed E-state index contributed by atoms with van der Waals surface area (Å²) in [6.45, 7) is -0.296. The smallest absolute Gasteiger partial charge is 0.326 e. The first-order chi connectivity index (χ1) is 13.8. The first-order valence-corrected chi connectivity index (χ1v) is 9.39. The molecule has 0 saturated carbocycles. The topological polar surface area (TPSA) is 177 Å². The van der Waals surface area contributed by atoms with Gasteiger partial charge in [-0.2, -0.15) is 0 Å². The lowest BCUT2D eigenvalue weighted by Crippen LogP contribution is -2.48. The normalized spacial score (nSPS) is 12.5. The number of nitrogens with one attached hydrogen (secondary N) is 3. The highest BCUT2D eigenvalue weighted by molar-refractivity contribution is 5.90. The Kier molecular flexibility index (Phi) is 11.0. The fourth-order valence-electron chi connectivity index (χ4n) is 2.50. The second-order valence-corrected chi connectivity index (χ2v) is 6.53. The van der Waals surface area contributed by atoms with E-state index >= 15 is 0 Å². The summed E-state index contributed by atoms with van der Waals surface area (Å²) in [5.74, 6) is -2.86. The van der Waals surface area contributed by atoms with Crippen LogP contribution in [-0.2, 0) is 25.6 Å². The molecule has 8 N–H and O–H groups in total. The Hall–Kier alpha value is -2.98. The standard InChI is InChI=1S/C19H29N5O5/c20-9-5-4-8-15(19(28)29)24-17(26)12-22-16(25)11-23-18(27)14(21)10-13-6-2-1-3-7-13/h1-3,6-7,14-15H,4-5,8-12,20-21H2,(H,22,25)(H,23,27)(H,24,26)(H,28,29)/t14-,15-/m0/s1.